The van der Waals surface area contributed by atoms with Gasteiger partial charge in [0.1, 0.15) is 24.4 Å². The molecule has 1 aromatic heterocycles. The van der Waals surface area contributed by atoms with Gasteiger partial charge in [-0.25, -0.2) is 4.57 Å². The Bertz CT molecular complexity index is 1040. The highest BCUT2D eigenvalue weighted by atomic mass is 127. The number of aromatic nitrogens is 1. The molecule has 0 radical (unpaired) electrons. The highest BCUT2D eigenvalue weighted by molar-refractivity contribution is 5.90. The number of nitriles is 1. The van der Waals surface area contributed by atoms with E-state index in [4.69, 9.17) is 10.5 Å². The first-order valence-electron chi connectivity index (χ1n) is 7.73. The summed E-state index contributed by atoms with van der Waals surface area (Å²) in [6.07, 6.45) is 3.98. The van der Waals surface area contributed by atoms with Gasteiger partial charge >= 0.3 is 0 Å². The summed E-state index contributed by atoms with van der Waals surface area (Å²) in [5.41, 5.74) is 8.51. The van der Waals surface area contributed by atoms with Gasteiger partial charge in [-0.15, -0.1) is 0 Å². The van der Waals surface area contributed by atoms with Crippen LogP contribution in [0.1, 0.15) is 17.0 Å². The predicted molar refractivity (Wildman–Crippen MR) is 90.9 cm³/mol. The highest BCUT2D eigenvalue weighted by Crippen LogP contribution is 2.44. The van der Waals surface area contributed by atoms with Crippen molar-refractivity contribution in [1.29, 1.82) is 5.26 Å². The third-order valence-electron chi connectivity index (χ3n) is 4.40. The van der Waals surface area contributed by atoms with Gasteiger partial charge < -0.3 is 34.4 Å². The van der Waals surface area contributed by atoms with Crippen LogP contribution in [0.15, 0.2) is 72.4 Å². The molecule has 5 heteroatoms. The summed E-state index contributed by atoms with van der Waals surface area (Å²) in [4.78, 5) is 0. The second-order valence-corrected chi connectivity index (χ2v) is 5.93. The van der Waals surface area contributed by atoms with E-state index in [1.54, 1.807) is 0 Å². The lowest BCUT2D eigenvalue weighted by Gasteiger charge is -2.26. The minimum absolute atomic E-state index is 0. The maximum atomic E-state index is 9.63. The monoisotopic (exact) mass is 441 g/mol. The highest BCUT2D eigenvalue weighted by Gasteiger charge is 2.32. The Balaban J connectivity index is 0.00000182. The van der Waals surface area contributed by atoms with Crippen molar-refractivity contribution in [1.82, 2.24) is 0 Å². The second kappa shape index (κ2) is 6.73. The number of ether oxygens (including phenoxy) is 1. The predicted octanol–water partition coefficient (Wildman–Crippen LogP) is -0.114. The van der Waals surface area contributed by atoms with E-state index in [2.05, 4.69) is 12.1 Å². The van der Waals surface area contributed by atoms with Crippen LogP contribution in [0, 0.1) is 11.3 Å². The molecule has 0 aliphatic carbocycles. The summed E-state index contributed by atoms with van der Waals surface area (Å²) in [7, 11) is 1.96. The van der Waals surface area contributed by atoms with Crippen molar-refractivity contribution >= 4 is 10.8 Å². The largest absolute Gasteiger partial charge is 1.00 e. The lowest BCUT2D eigenvalue weighted by atomic mass is 9.83. The quantitative estimate of drug-likeness (QED) is 0.424. The Morgan fingerprint density at radius 1 is 1.12 bits per heavy atom. The molecule has 1 atom stereocenters. The van der Waals surface area contributed by atoms with Crippen molar-refractivity contribution in [3.8, 4) is 11.8 Å². The third kappa shape index (κ3) is 2.83. The van der Waals surface area contributed by atoms with Crippen molar-refractivity contribution in [2.45, 2.75) is 5.92 Å². The molecule has 4 rings (SSSR count). The zero-order valence-corrected chi connectivity index (χ0v) is 15.8. The summed E-state index contributed by atoms with van der Waals surface area (Å²) in [6, 6.07) is 18.3. The molecular weight excluding hydrogens is 425 g/mol. The van der Waals surface area contributed by atoms with E-state index in [1.165, 1.54) is 0 Å². The number of hydrogen-bond donors (Lipinski definition) is 1. The van der Waals surface area contributed by atoms with Gasteiger partial charge in [0.15, 0.2) is 12.4 Å². The molecule has 124 valence electrons. The molecule has 2 heterocycles. The van der Waals surface area contributed by atoms with Crippen molar-refractivity contribution in [3.05, 3.63) is 83.5 Å². The van der Waals surface area contributed by atoms with Crippen LogP contribution in [0.5, 0.6) is 5.75 Å². The maximum absolute atomic E-state index is 9.63. The van der Waals surface area contributed by atoms with Crippen LogP contribution in [0.2, 0.25) is 0 Å². The number of rotatable bonds is 1. The molecule has 25 heavy (non-hydrogen) atoms. The lowest BCUT2D eigenvalue weighted by molar-refractivity contribution is -0.671. The molecule has 1 aliphatic rings. The smallest absolute Gasteiger partial charge is 0.205 e. The summed E-state index contributed by atoms with van der Waals surface area (Å²) >= 11 is 0. The molecule has 0 bridgehead atoms. The van der Waals surface area contributed by atoms with E-state index < -0.39 is 0 Å². The average Bonchev–Trinajstić information content (AvgIpc) is 2.60. The molecule has 0 saturated carbocycles. The third-order valence-corrected chi connectivity index (χ3v) is 4.40. The fraction of sp³-hybridized carbons (Fsp3) is 0.100. The van der Waals surface area contributed by atoms with E-state index in [9.17, 15) is 5.26 Å². The van der Waals surface area contributed by atoms with Crippen molar-refractivity contribution in [2.75, 3.05) is 0 Å². The van der Waals surface area contributed by atoms with Crippen LogP contribution in [0.4, 0.5) is 0 Å². The molecule has 1 aliphatic heterocycles. The first kappa shape index (κ1) is 17.2. The number of pyridine rings is 1. The average molecular weight is 441 g/mol. The Kier molecular flexibility index (Phi) is 4.64. The number of nitrogens with two attached hydrogens (primary N) is 1. The number of hydrogen-bond acceptors (Lipinski definition) is 3. The van der Waals surface area contributed by atoms with E-state index in [1.807, 2.05) is 66.5 Å². The molecule has 4 nitrogen and oxygen atoms in total. The molecular formula is C20H16IN3O. The fourth-order valence-corrected chi connectivity index (χ4v) is 3.31. The summed E-state index contributed by atoms with van der Waals surface area (Å²) in [6.45, 7) is 0. The standard InChI is InChI=1S/C20H16N3O.HI/c1-23-10-4-6-14(12-23)18-16-9-8-13-5-2-3-7-15(13)19(16)24-20(22)17(18)11-21;/h2-10,12,18H,22H2,1H3;1H/q+1;/p-1. The Morgan fingerprint density at radius 2 is 1.92 bits per heavy atom. The van der Waals surface area contributed by atoms with Gasteiger partial charge in [-0.05, 0) is 11.5 Å². The summed E-state index contributed by atoms with van der Waals surface area (Å²) < 4.78 is 7.83. The molecule has 0 spiro atoms. The lowest BCUT2D eigenvalue weighted by Crippen LogP contribution is -3.00. The number of benzene rings is 2. The van der Waals surface area contributed by atoms with Crippen LogP contribution in [-0.2, 0) is 7.05 Å². The van der Waals surface area contributed by atoms with E-state index in [0.717, 1.165) is 27.6 Å². The molecule has 1 unspecified atom stereocenters. The Morgan fingerprint density at radius 3 is 2.68 bits per heavy atom. The molecule has 0 saturated heterocycles. The van der Waals surface area contributed by atoms with Gasteiger partial charge in [0.2, 0.25) is 5.88 Å². The van der Waals surface area contributed by atoms with Crippen molar-refractivity contribution in [2.24, 2.45) is 12.8 Å². The number of nitrogens with zero attached hydrogens (tertiary/aromatic N) is 2. The fourth-order valence-electron chi connectivity index (χ4n) is 3.31. The van der Waals surface area contributed by atoms with Gasteiger partial charge in [-0.3, -0.25) is 0 Å². The molecule has 0 fully saturated rings. The van der Waals surface area contributed by atoms with Crippen LogP contribution < -0.4 is 39.0 Å². The van der Waals surface area contributed by atoms with Gasteiger partial charge in [0.25, 0.3) is 0 Å². The SMILES string of the molecule is C[n+]1cccc(C2C(C#N)=C(N)Oc3c2ccc2ccccc32)c1.[I-]. The Hall–Kier alpha value is -2.59. The van der Waals surface area contributed by atoms with Gasteiger partial charge in [-0.2, -0.15) is 5.26 Å². The first-order chi connectivity index (χ1) is 11.7. The van der Waals surface area contributed by atoms with Gasteiger partial charge in [0, 0.05) is 22.6 Å². The zero-order valence-electron chi connectivity index (χ0n) is 13.6. The minimum Gasteiger partial charge on any atom is -1.00 e. The van der Waals surface area contributed by atoms with Crippen LogP contribution in [0.3, 0.4) is 0 Å². The molecule has 2 aromatic carbocycles. The summed E-state index contributed by atoms with van der Waals surface area (Å²) in [5.74, 6) is 0.690. The molecule has 0 amide bonds. The van der Waals surface area contributed by atoms with Gasteiger partial charge in [-0.1, -0.05) is 36.4 Å². The van der Waals surface area contributed by atoms with E-state index >= 15 is 0 Å². The maximum Gasteiger partial charge on any atom is 0.205 e. The number of halogens is 1. The summed E-state index contributed by atoms with van der Waals surface area (Å²) in [5, 5.41) is 11.7. The first-order valence-corrected chi connectivity index (χ1v) is 7.73. The Labute approximate surface area is 163 Å². The topological polar surface area (TPSA) is 62.9 Å². The van der Waals surface area contributed by atoms with E-state index in [0.29, 0.717) is 5.57 Å². The second-order valence-electron chi connectivity index (χ2n) is 5.93. The molecule has 3 aromatic rings. The van der Waals surface area contributed by atoms with Crippen LogP contribution >= 0.6 is 0 Å². The number of allylic oxidation sites excluding steroid dienone is 1. The zero-order chi connectivity index (χ0) is 16.7. The van der Waals surface area contributed by atoms with Crippen LogP contribution in [-0.4, -0.2) is 0 Å². The van der Waals surface area contributed by atoms with Crippen molar-refractivity contribution in [3.63, 3.8) is 0 Å². The van der Waals surface area contributed by atoms with Crippen molar-refractivity contribution < 1.29 is 33.3 Å². The molecule has 2 N–H and O–H groups in total. The van der Waals surface area contributed by atoms with Gasteiger partial charge in [0.05, 0.1) is 5.92 Å². The van der Waals surface area contributed by atoms with Crippen LogP contribution in [0.25, 0.3) is 10.8 Å². The minimum atomic E-state index is -0.226. The van der Waals surface area contributed by atoms with E-state index in [-0.39, 0.29) is 35.8 Å². The normalized spacial score (nSPS) is 15.8. The number of fused-ring (bicyclic) bond motifs is 3. The number of aryl methyl sites for hydroxylation is 1.